The third-order valence-corrected chi connectivity index (χ3v) is 3.31. The van der Waals surface area contributed by atoms with Crippen LogP contribution in [-0.4, -0.2) is 16.8 Å². The van der Waals surface area contributed by atoms with E-state index in [0.717, 1.165) is 24.6 Å². The average molecular weight is 312 g/mol. The Morgan fingerprint density at radius 2 is 1.94 bits per heavy atom. The van der Waals surface area contributed by atoms with Gasteiger partial charge in [0.2, 0.25) is 5.91 Å². The van der Waals surface area contributed by atoms with Gasteiger partial charge in [-0.05, 0) is 38.7 Å². The van der Waals surface area contributed by atoms with E-state index < -0.39 is 0 Å². The zero-order valence-corrected chi connectivity index (χ0v) is 12.8. The third-order valence-electron chi connectivity index (χ3n) is 2.91. The lowest BCUT2D eigenvalue weighted by molar-refractivity contribution is -0.122. The number of alkyl halides is 1. The highest BCUT2D eigenvalue weighted by Gasteiger charge is 2.18. The first-order valence-electron chi connectivity index (χ1n) is 6.44. The molecule has 1 N–H and O–H groups in total. The summed E-state index contributed by atoms with van der Waals surface area (Å²) in [5, 5.41) is 3.98. The van der Waals surface area contributed by atoms with E-state index in [0.29, 0.717) is 6.42 Å². The molecule has 0 heterocycles. The van der Waals surface area contributed by atoms with Crippen LogP contribution in [0.1, 0.15) is 38.7 Å². The van der Waals surface area contributed by atoms with Gasteiger partial charge in [-0.2, -0.15) is 0 Å². The van der Waals surface area contributed by atoms with Crippen LogP contribution in [-0.2, 0) is 11.2 Å². The average Bonchev–Trinajstić information content (AvgIpc) is 2.29. The van der Waals surface area contributed by atoms with Crippen molar-refractivity contribution in [2.24, 2.45) is 0 Å². The molecule has 1 aromatic rings. The smallest absolute Gasteiger partial charge is 0.220 e. The molecule has 1 amide bonds. The maximum absolute atomic E-state index is 11.8. The Balaban J connectivity index is 2.25. The maximum atomic E-state index is 11.8. The minimum atomic E-state index is -0.118. The first kappa shape index (κ1) is 15.2. The Kier molecular flexibility index (Phi) is 6.41. The summed E-state index contributed by atoms with van der Waals surface area (Å²) in [5.74, 6) is 0.150. The van der Waals surface area contributed by atoms with Gasteiger partial charge in [0.25, 0.3) is 0 Å². The van der Waals surface area contributed by atoms with E-state index >= 15 is 0 Å². The molecular formula is C15H22BrNO. The second-order valence-electron chi connectivity index (χ2n) is 5.21. The van der Waals surface area contributed by atoms with Crippen molar-refractivity contribution < 1.29 is 4.79 Å². The van der Waals surface area contributed by atoms with Crippen LogP contribution in [0.15, 0.2) is 30.3 Å². The Bertz CT molecular complexity index is 362. The molecule has 1 aromatic carbocycles. The number of carbonyl (C=O) groups excluding carboxylic acids is 1. The first-order chi connectivity index (χ1) is 8.53. The van der Waals surface area contributed by atoms with E-state index in [1.165, 1.54) is 5.56 Å². The molecule has 3 heteroatoms. The summed E-state index contributed by atoms with van der Waals surface area (Å²) in [7, 11) is 0. The van der Waals surface area contributed by atoms with Crippen molar-refractivity contribution in [3.8, 4) is 0 Å². The molecule has 0 spiro atoms. The standard InChI is InChI=1S/C15H22BrNO/c1-15(2,11-12-16)17-14(18)10-6-9-13-7-4-3-5-8-13/h3-5,7-8H,6,9-12H2,1-2H3,(H,17,18). The van der Waals surface area contributed by atoms with Gasteiger partial charge in [-0.3, -0.25) is 4.79 Å². The van der Waals surface area contributed by atoms with Crippen LogP contribution in [0.4, 0.5) is 0 Å². The van der Waals surface area contributed by atoms with E-state index in [-0.39, 0.29) is 11.4 Å². The van der Waals surface area contributed by atoms with E-state index in [2.05, 4.69) is 47.2 Å². The van der Waals surface area contributed by atoms with Gasteiger partial charge < -0.3 is 5.32 Å². The lowest BCUT2D eigenvalue weighted by Crippen LogP contribution is -2.43. The van der Waals surface area contributed by atoms with Crippen LogP contribution in [0.3, 0.4) is 0 Å². The Hall–Kier alpha value is -0.830. The summed E-state index contributed by atoms with van der Waals surface area (Å²) in [4.78, 5) is 11.8. The van der Waals surface area contributed by atoms with Gasteiger partial charge in [0, 0.05) is 17.3 Å². The Labute approximate surface area is 118 Å². The van der Waals surface area contributed by atoms with Crippen LogP contribution in [0, 0.1) is 0 Å². The molecule has 0 saturated carbocycles. The van der Waals surface area contributed by atoms with Gasteiger partial charge in [-0.1, -0.05) is 46.3 Å². The molecule has 0 bridgehead atoms. The van der Waals surface area contributed by atoms with Crippen molar-refractivity contribution >= 4 is 21.8 Å². The maximum Gasteiger partial charge on any atom is 0.220 e. The van der Waals surface area contributed by atoms with Gasteiger partial charge in [0.15, 0.2) is 0 Å². The molecule has 2 nitrogen and oxygen atoms in total. The highest BCUT2D eigenvalue weighted by Crippen LogP contribution is 2.11. The summed E-state index contributed by atoms with van der Waals surface area (Å²) in [6.07, 6.45) is 3.41. The molecule has 0 aliphatic heterocycles. The molecule has 0 aliphatic rings. The first-order valence-corrected chi connectivity index (χ1v) is 7.56. The number of carbonyl (C=O) groups is 1. The van der Waals surface area contributed by atoms with Gasteiger partial charge in [0.1, 0.15) is 0 Å². The van der Waals surface area contributed by atoms with Crippen molar-refractivity contribution in [1.82, 2.24) is 5.32 Å². The third kappa shape index (κ3) is 6.20. The predicted molar refractivity (Wildman–Crippen MR) is 80.0 cm³/mol. The summed E-state index contributed by atoms with van der Waals surface area (Å²) < 4.78 is 0. The molecule has 0 aromatic heterocycles. The van der Waals surface area contributed by atoms with Gasteiger partial charge >= 0.3 is 0 Å². The number of amides is 1. The SMILES string of the molecule is CC(C)(CCBr)NC(=O)CCCc1ccccc1. The van der Waals surface area contributed by atoms with Crippen molar-refractivity contribution in [1.29, 1.82) is 0 Å². The van der Waals surface area contributed by atoms with Crippen molar-refractivity contribution in [3.63, 3.8) is 0 Å². The van der Waals surface area contributed by atoms with Crippen molar-refractivity contribution in [3.05, 3.63) is 35.9 Å². The second-order valence-corrected chi connectivity index (χ2v) is 6.00. The monoisotopic (exact) mass is 311 g/mol. The summed E-state index contributed by atoms with van der Waals surface area (Å²) in [6.45, 7) is 4.12. The lowest BCUT2D eigenvalue weighted by Gasteiger charge is -2.25. The highest BCUT2D eigenvalue weighted by molar-refractivity contribution is 9.09. The number of hydrogen-bond donors (Lipinski definition) is 1. The summed E-state index contributed by atoms with van der Waals surface area (Å²) in [6, 6.07) is 10.3. The largest absolute Gasteiger partial charge is 0.351 e. The van der Waals surface area contributed by atoms with E-state index in [1.807, 2.05) is 18.2 Å². The fourth-order valence-electron chi connectivity index (χ4n) is 1.84. The topological polar surface area (TPSA) is 29.1 Å². The molecule has 0 aliphatic carbocycles. The number of benzene rings is 1. The molecule has 0 saturated heterocycles. The molecule has 0 atom stereocenters. The number of rotatable bonds is 7. The fourth-order valence-corrected chi connectivity index (χ4v) is 2.83. The lowest BCUT2D eigenvalue weighted by atomic mass is 10.0. The fraction of sp³-hybridized carbons (Fsp3) is 0.533. The quantitative estimate of drug-likeness (QED) is 0.764. The number of halogens is 1. The normalized spacial score (nSPS) is 11.3. The second kappa shape index (κ2) is 7.57. The summed E-state index contributed by atoms with van der Waals surface area (Å²) in [5.41, 5.74) is 1.18. The summed E-state index contributed by atoms with van der Waals surface area (Å²) >= 11 is 3.41. The van der Waals surface area contributed by atoms with E-state index in [1.54, 1.807) is 0 Å². The number of hydrogen-bond acceptors (Lipinski definition) is 1. The van der Waals surface area contributed by atoms with Gasteiger partial charge in [-0.25, -0.2) is 0 Å². The molecule has 0 radical (unpaired) electrons. The number of nitrogens with one attached hydrogen (secondary N) is 1. The van der Waals surface area contributed by atoms with Crippen LogP contribution in [0.2, 0.25) is 0 Å². The predicted octanol–water partition coefficient (Wildman–Crippen LogP) is 3.69. The Morgan fingerprint density at radius 3 is 2.56 bits per heavy atom. The minimum absolute atomic E-state index is 0.118. The highest BCUT2D eigenvalue weighted by atomic mass is 79.9. The number of aryl methyl sites for hydroxylation is 1. The molecule has 100 valence electrons. The van der Waals surface area contributed by atoms with Crippen LogP contribution >= 0.6 is 15.9 Å². The van der Waals surface area contributed by atoms with Gasteiger partial charge in [-0.15, -0.1) is 0 Å². The van der Waals surface area contributed by atoms with Crippen molar-refractivity contribution in [2.45, 2.75) is 45.1 Å². The molecule has 1 rings (SSSR count). The molecular weight excluding hydrogens is 290 g/mol. The zero-order chi connectivity index (χ0) is 13.4. The van der Waals surface area contributed by atoms with E-state index in [4.69, 9.17) is 0 Å². The van der Waals surface area contributed by atoms with Crippen molar-refractivity contribution in [2.75, 3.05) is 5.33 Å². The van der Waals surface area contributed by atoms with Crippen LogP contribution in [0.5, 0.6) is 0 Å². The molecule has 0 fully saturated rings. The van der Waals surface area contributed by atoms with Crippen LogP contribution in [0.25, 0.3) is 0 Å². The van der Waals surface area contributed by atoms with Crippen LogP contribution < -0.4 is 5.32 Å². The minimum Gasteiger partial charge on any atom is -0.351 e. The molecule has 18 heavy (non-hydrogen) atoms. The Morgan fingerprint density at radius 1 is 1.28 bits per heavy atom. The van der Waals surface area contributed by atoms with Gasteiger partial charge in [0.05, 0.1) is 0 Å². The van der Waals surface area contributed by atoms with E-state index in [9.17, 15) is 4.79 Å². The molecule has 0 unspecified atom stereocenters. The zero-order valence-electron chi connectivity index (χ0n) is 11.2.